The number of rotatable bonds is 6. The Balaban J connectivity index is 1.49. The molecule has 154 valence electrons. The van der Waals surface area contributed by atoms with Crippen LogP contribution in [0, 0.1) is 0 Å². The minimum Gasteiger partial charge on any atom is -0.353 e. The fraction of sp³-hybridized carbons (Fsp3) is 0. The van der Waals surface area contributed by atoms with Crippen LogP contribution in [0.25, 0.3) is 22.3 Å². The molecule has 0 aliphatic heterocycles. The van der Waals surface area contributed by atoms with Crippen molar-refractivity contribution in [1.29, 1.82) is 0 Å². The van der Waals surface area contributed by atoms with Gasteiger partial charge in [-0.05, 0) is 35.4 Å². The number of para-hydroxylation sites is 4. The van der Waals surface area contributed by atoms with Gasteiger partial charge in [-0.3, -0.25) is 0 Å². The Morgan fingerprint density at radius 2 is 0.594 bits per heavy atom. The highest BCUT2D eigenvalue weighted by atomic mass is 15.0. The van der Waals surface area contributed by atoms with Crippen molar-refractivity contribution < 1.29 is 0 Å². The predicted molar refractivity (Wildman–Crippen MR) is 137 cm³/mol. The fourth-order valence-electron chi connectivity index (χ4n) is 3.91. The standard InChI is InChI=1S/C30H24N2/c1-3-13-23(14-4-1)25-17-7-9-19-27(25)31-29-21-11-12-22-30(29)32-28-20-10-8-18-26(28)24-15-5-2-6-16-24/h1-22,31-32H. The minimum atomic E-state index is 1.03. The van der Waals surface area contributed by atoms with Gasteiger partial charge in [0, 0.05) is 22.5 Å². The molecule has 0 radical (unpaired) electrons. The van der Waals surface area contributed by atoms with Crippen molar-refractivity contribution in [1.82, 2.24) is 0 Å². The maximum absolute atomic E-state index is 3.66. The molecule has 5 aromatic carbocycles. The maximum Gasteiger partial charge on any atom is 0.0623 e. The van der Waals surface area contributed by atoms with Gasteiger partial charge in [-0.15, -0.1) is 0 Å². The lowest BCUT2D eigenvalue weighted by atomic mass is 10.0. The molecule has 0 aliphatic rings. The average Bonchev–Trinajstić information content (AvgIpc) is 2.87. The molecule has 0 aromatic heterocycles. The molecule has 0 unspecified atom stereocenters. The third-order valence-electron chi connectivity index (χ3n) is 5.49. The number of hydrogen-bond acceptors (Lipinski definition) is 2. The second-order valence-corrected chi connectivity index (χ2v) is 7.62. The van der Waals surface area contributed by atoms with Crippen molar-refractivity contribution in [2.24, 2.45) is 0 Å². The van der Waals surface area contributed by atoms with E-state index in [4.69, 9.17) is 0 Å². The van der Waals surface area contributed by atoms with E-state index >= 15 is 0 Å². The monoisotopic (exact) mass is 412 g/mol. The summed E-state index contributed by atoms with van der Waals surface area (Å²) in [6.45, 7) is 0. The molecule has 5 rings (SSSR count). The van der Waals surface area contributed by atoms with E-state index in [9.17, 15) is 0 Å². The van der Waals surface area contributed by atoms with E-state index in [1.807, 2.05) is 12.1 Å². The highest BCUT2D eigenvalue weighted by Gasteiger charge is 2.10. The van der Waals surface area contributed by atoms with Crippen molar-refractivity contribution in [2.75, 3.05) is 10.6 Å². The molecular weight excluding hydrogens is 388 g/mol. The molecular formula is C30H24N2. The molecule has 0 fully saturated rings. The number of anilines is 4. The highest BCUT2D eigenvalue weighted by molar-refractivity contribution is 5.88. The van der Waals surface area contributed by atoms with E-state index < -0.39 is 0 Å². The molecule has 2 nitrogen and oxygen atoms in total. The molecule has 5 aromatic rings. The van der Waals surface area contributed by atoms with Gasteiger partial charge in [-0.2, -0.15) is 0 Å². The lowest BCUT2D eigenvalue weighted by Crippen LogP contribution is -1.99. The summed E-state index contributed by atoms with van der Waals surface area (Å²) in [5.74, 6) is 0. The fourth-order valence-corrected chi connectivity index (χ4v) is 3.91. The molecule has 2 N–H and O–H groups in total. The van der Waals surface area contributed by atoms with Crippen LogP contribution in [0.2, 0.25) is 0 Å². The third-order valence-corrected chi connectivity index (χ3v) is 5.49. The van der Waals surface area contributed by atoms with Crippen molar-refractivity contribution in [3.8, 4) is 22.3 Å². The average molecular weight is 413 g/mol. The minimum absolute atomic E-state index is 1.03. The van der Waals surface area contributed by atoms with Gasteiger partial charge in [0.25, 0.3) is 0 Å². The second-order valence-electron chi connectivity index (χ2n) is 7.62. The predicted octanol–water partition coefficient (Wildman–Crippen LogP) is 8.51. The van der Waals surface area contributed by atoms with Crippen LogP contribution in [-0.4, -0.2) is 0 Å². The molecule has 2 heteroatoms. The zero-order valence-electron chi connectivity index (χ0n) is 17.7. The topological polar surface area (TPSA) is 24.1 Å². The first-order chi connectivity index (χ1) is 15.9. The van der Waals surface area contributed by atoms with Crippen LogP contribution in [0.4, 0.5) is 22.7 Å². The molecule has 0 bridgehead atoms. The molecule has 0 atom stereocenters. The Morgan fingerprint density at radius 3 is 1.00 bits per heavy atom. The Kier molecular flexibility index (Phi) is 5.67. The number of hydrogen-bond donors (Lipinski definition) is 2. The van der Waals surface area contributed by atoms with Crippen molar-refractivity contribution >= 4 is 22.7 Å². The van der Waals surface area contributed by atoms with Crippen molar-refractivity contribution in [3.63, 3.8) is 0 Å². The Bertz CT molecular complexity index is 1210. The Labute approximate surface area is 189 Å². The molecule has 0 saturated carbocycles. The second kappa shape index (κ2) is 9.23. The van der Waals surface area contributed by atoms with Gasteiger partial charge in [-0.1, -0.05) is 109 Å². The van der Waals surface area contributed by atoms with E-state index in [0.717, 1.165) is 22.7 Å². The summed E-state index contributed by atoms with van der Waals surface area (Å²) in [6, 6.07) is 46.1. The Hall–Kier alpha value is -4.30. The summed E-state index contributed by atoms with van der Waals surface area (Å²) in [4.78, 5) is 0. The Morgan fingerprint density at radius 1 is 0.281 bits per heavy atom. The lowest BCUT2D eigenvalue weighted by molar-refractivity contribution is 1.49. The summed E-state index contributed by atoms with van der Waals surface area (Å²) in [5.41, 5.74) is 8.93. The summed E-state index contributed by atoms with van der Waals surface area (Å²) in [6.07, 6.45) is 0. The van der Waals surface area contributed by atoms with E-state index in [0.29, 0.717) is 0 Å². The van der Waals surface area contributed by atoms with E-state index in [-0.39, 0.29) is 0 Å². The van der Waals surface area contributed by atoms with E-state index in [1.54, 1.807) is 0 Å². The van der Waals surface area contributed by atoms with Gasteiger partial charge in [0.2, 0.25) is 0 Å². The molecule has 0 aliphatic carbocycles. The molecule has 0 spiro atoms. The van der Waals surface area contributed by atoms with Crippen molar-refractivity contribution in [3.05, 3.63) is 133 Å². The number of nitrogens with one attached hydrogen (secondary N) is 2. The van der Waals surface area contributed by atoms with Crippen LogP contribution in [0.3, 0.4) is 0 Å². The van der Waals surface area contributed by atoms with Crippen LogP contribution < -0.4 is 10.6 Å². The van der Waals surface area contributed by atoms with Gasteiger partial charge in [0.15, 0.2) is 0 Å². The first-order valence-electron chi connectivity index (χ1n) is 10.8. The van der Waals surface area contributed by atoms with Crippen LogP contribution in [-0.2, 0) is 0 Å². The van der Waals surface area contributed by atoms with Gasteiger partial charge < -0.3 is 10.6 Å². The molecule has 0 saturated heterocycles. The summed E-state index contributed by atoms with van der Waals surface area (Å²) in [5, 5.41) is 7.31. The number of benzene rings is 5. The van der Waals surface area contributed by atoms with Crippen LogP contribution in [0.1, 0.15) is 0 Å². The zero-order chi connectivity index (χ0) is 21.6. The van der Waals surface area contributed by atoms with Gasteiger partial charge in [0.1, 0.15) is 0 Å². The van der Waals surface area contributed by atoms with Gasteiger partial charge in [-0.25, -0.2) is 0 Å². The van der Waals surface area contributed by atoms with Crippen LogP contribution >= 0.6 is 0 Å². The molecule has 0 amide bonds. The molecule has 32 heavy (non-hydrogen) atoms. The first-order valence-corrected chi connectivity index (χ1v) is 10.8. The van der Waals surface area contributed by atoms with Crippen molar-refractivity contribution in [2.45, 2.75) is 0 Å². The quantitative estimate of drug-likeness (QED) is 0.292. The van der Waals surface area contributed by atoms with Gasteiger partial charge in [0.05, 0.1) is 11.4 Å². The summed E-state index contributed by atoms with van der Waals surface area (Å²) >= 11 is 0. The maximum atomic E-state index is 3.66. The zero-order valence-corrected chi connectivity index (χ0v) is 17.7. The van der Waals surface area contributed by atoms with Gasteiger partial charge >= 0.3 is 0 Å². The SMILES string of the molecule is c1ccc(-c2ccccc2Nc2ccccc2Nc2ccccc2-c2ccccc2)cc1. The first kappa shape index (κ1) is 19.7. The molecule has 0 heterocycles. The summed E-state index contributed by atoms with van der Waals surface area (Å²) < 4.78 is 0. The van der Waals surface area contributed by atoms with E-state index in [1.165, 1.54) is 22.3 Å². The smallest absolute Gasteiger partial charge is 0.0623 e. The lowest BCUT2D eigenvalue weighted by Gasteiger charge is -2.18. The normalized spacial score (nSPS) is 10.5. The summed E-state index contributed by atoms with van der Waals surface area (Å²) in [7, 11) is 0. The largest absolute Gasteiger partial charge is 0.353 e. The highest BCUT2D eigenvalue weighted by Crippen LogP contribution is 2.36. The van der Waals surface area contributed by atoms with E-state index in [2.05, 4.69) is 132 Å². The van der Waals surface area contributed by atoms with Crippen LogP contribution in [0.15, 0.2) is 133 Å². The third kappa shape index (κ3) is 4.26. The van der Waals surface area contributed by atoms with Crippen LogP contribution in [0.5, 0.6) is 0 Å².